The predicted molar refractivity (Wildman–Crippen MR) is 63.2 cm³/mol. The highest BCUT2D eigenvalue weighted by molar-refractivity contribution is 5.77. The molecule has 0 aliphatic heterocycles. The van der Waals surface area contributed by atoms with Gasteiger partial charge in [0, 0.05) is 26.3 Å². The van der Waals surface area contributed by atoms with Gasteiger partial charge in [-0.15, -0.1) is 0 Å². The molecule has 0 aromatic heterocycles. The smallest absolute Gasteiger partial charge is 0.233 e. The van der Waals surface area contributed by atoms with Crippen LogP contribution < -0.4 is 10.6 Å². The fourth-order valence-electron chi connectivity index (χ4n) is 1.22. The molecule has 0 aromatic rings. The zero-order chi connectivity index (χ0) is 12.4. The van der Waals surface area contributed by atoms with Crippen molar-refractivity contribution in [2.75, 3.05) is 33.4 Å². The summed E-state index contributed by atoms with van der Waals surface area (Å²) in [6.45, 7) is 5.64. The van der Waals surface area contributed by atoms with Crippen LogP contribution in [0.15, 0.2) is 0 Å². The number of hydrogen-bond donors (Lipinski definition) is 3. The van der Waals surface area contributed by atoms with Gasteiger partial charge in [-0.05, 0) is 12.3 Å². The maximum atomic E-state index is 11.4. The van der Waals surface area contributed by atoms with Crippen molar-refractivity contribution in [3.05, 3.63) is 0 Å². The Bertz CT molecular complexity index is 180. The topological polar surface area (TPSA) is 70.6 Å². The lowest BCUT2D eigenvalue weighted by molar-refractivity contribution is -0.120. The van der Waals surface area contributed by atoms with Crippen LogP contribution in [-0.4, -0.2) is 50.5 Å². The normalized spacial score (nSPS) is 12.8. The number of amides is 1. The third-order valence-corrected chi connectivity index (χ3v) is 2.10. The second-order valence-corrected chi connectivity index (χ2v) is 4.24. The number of hydrogen-bond acceptors (Lipinski definition) is 4. The number of aliphatic hydroxyl groups excluding tert-OH is 1. The van der Waals surface area contributed by atoms with Gasteiger partial charge in [0.2, 0.25) is 5.91 Å². The van der Waals surface area contributed by atoms with Crippen LogP contribution in [0, 0.1) is 5.92 Å². The highest BCUT2D eigenvalue weighted by Gasteiger charge is 2.09. The zero-order valence-electron chi connectivity index (χ0n) is 10.5. The molecule has 0 radical (unpaired) electrons. The zero-order valence-corrected chi connectivity index (χ0v) is 10.5. The summed E-state index contributed by atoms with van der Waals surface area (Å²) in [5.41, 5.74) is 0. The predicted octanol–water partition coefficient (Wildman–Crippen LogP) is -0.254. The summed E-state index contributed by atoms with van der Waals surface area (Å²) in [7, 11) is 1.60. The van der Waals surface area contributed by atoms with E-state index in [4.69, 9.17) is 9.84 Å². The Morgan fingerprint density at radius 3 is 2.62 bits per heavy atom. The van der Waals surface area contributed by atoms with Gasteiger partial charge >= 0.3 is 0 Å². The molecule has 96 valence electrons. The molecular weight excluding hydrogens is 208 g/mol. The minimum Gasteiger partial charge on any atom is -0.396 e. The number of rotatable bonds is 9. The monoisotopic (exact) mass is 232 g/mol. The first-order valence-electron chi connectivity index (χ1n) is 5.70. The van der Waals surface area contributed by atoms with Gasteiger partial charge in [-0.1, -0.05) is 13.8 Å². The fourth-order valence-corrected chi connectivity index (χ4v) is 1.22. The molecule has 1 amide bonds. The van der Waals surface area contributed by atoms with E-state index in [0.29, 0.717) is 25.5 Å². The molecule has 0 saturated heterocycles. The first kappa shape index (κ1) is 15.3. The number of carbonyl (C=O) groups excluding carboxylic acids is 1. The second kappa shape index (κ2) is 9.57. The van der Waals surface area contributed by atoms with Crippen LogP contribution in [0.1, 0.15) is 20.3 Å². The molecule has 0 rings (SSSR count). The number of methoxy groups -OCH3 is 1. The Kier molecular flexibility index (Phi) is 9.18. The minimum absolute atomic E-state index is 0.0206. The number of aliphatic hydroxyl groups is 1. The Morgan fingerprint density at radius 1 is 1.44 bits per heavy atom. The van der Waals surface area contributed by atoms with Crippen LogP contribution in [0.5, 0.6) is 0 Å². The Hall–Kier alpha value is -0.650. The summed E-state index contributed by atoms with van der Waals surface area (Å²) >= 11 is 0. The summed E-state index contributed by atoms with van der Waals surface area (Å²) in [5, 5.41) is 14.7. The van der Waals surface area contributed by atoms with Crippen LogP contribution in [0.3, 0.4) is 0 Å². The average molecular weight is 232 g/mol. The summed E-state index contributed by atoms with van der Waals surface area (Å²) in [6, 6.07) is 0.0276. The molecule has 0 heterocycles. The van der Waals surface area contributed by atoms with Gasteiger partial charge in [0.1, 0.15) is 0 Å². The SMILES string of the molecule is COCC(CCO)NCC(=O)NCC(C)C. The molecular formula is C11H24N2O3. The molecule has 3 N–H and O–H groups in total. The lowest BCUT2D eigenvalue weighted by Gasteiger charge is -2.16. The van der Waals surface area contributed by atoms with Gasteiger partial charge in [0.25, 0.3) is 0 Å². The average Bonchev–Trinajstić information content (AvgIpc) is 2.23. The van der Waals surface area contributed by atoms with E-state index in [2.05, 4.69) is 10.6 Å². The van der Waals surface area contributed by atoms with Crippen molar-refractivity contribution in [3.63, 3.8) is 0 Å². The van der Waals surface area contributed by atoms with Crippen molar-refractivity contribution in [2.24, 2.45) is 5.92 Å². The first-order valence-corrected chi connectivity index (χ1v) is 5.70. The van der Waals surface area contributed by atoms with E-state index in [9.17, 15) is 4.79 Å². The highest BCUT2D eigenvalue weighted by Crippen LogP contribution is 1.91. The number of ether oxygens (including phenoxy) is 1. The van der Waals surface area contributed by atoms with Gasteiger partial charge in [-0.3, -0.25) is 4.79 Å². The molecule has 0 spiro atoms. The summed E-state index contributed by atoms with van der Waals surface area (Å²) < 4.78 is 4.98. The van der Waals surface area contributed by atoms with Crippen LogP contribution >= 0.6 is 0 Å². The van der Waals surface area contributed by atoms with Gasteiger partial charge < -0.3 is 20.5 Å². The molecule has 0 saturated carbocycles. The van der Waals surface area contributed by atoms with Crippen LogP contribution in [0.2, 0.25) is 0 Å². The van der Waals surface area contributed by atoms with Crippen LogP contribution in [0.25, 0.3) is 0 Å². The van der Waals surface area contributed by atoms with Gasteiger partial charge in [0.15, 0.2) is 0 Å². The van der Waals surface area contributed by atoms with Crippen molar-refractivity contribution in [2.45, 2.75) is 26.3 Å². The fraction of sp³-hybridized carbons (Fsp3) is 0.909. The van der Waals surface area contributed by atoms with E-state index in [0.717, 1.165) is 0 Å². The molecule has 0 aliphatic carbocycles. The molecule has 5 nitrogen and oxygen atoms in total. The van der Waals surface area contributed by atoms with E-state index < -0.39 is 0 Å². The number of nitrogens with one attached hydrogen (secondary N) is 2. The van der Waals surface area contributed by atoms with Gasteiger partial charge in [-0.2, -0.15) is 0 Å². The summed E-state index contributed by atoms with van der Waals surface area (Å²) in [6.07, 6.45) is 0.589. The Balaban J connectivity index is 3.68. The van der Waals surface area contributed by atoms with Crippen molar-refractivity contribution in [1.82, 2.24) is 10.6 Å². The molecule has 1 unspecified atom stereocenters. The third-order valence-electron chi connectivity index (χ3n) is 2.10. The van der Waals surface area contributed by atoms with E-state index in [1.807, 2.05) is 13.8 Å². The molecule has 16 heavy (non-hydrogen) atoms. The van der Waals surface area contributed by atoms with Crippen molar-refractivity contribution in [1.29, 1.82) is 0 Å². The lowest BCUT2D eigenvalue weighted by Crippen LogP contribution is -2.42. The summed E-state index contributed by atoms with van der Waals surface area (Å²) in [5.74, 6) is 0.434. The van der Waals surface area contributed by atoms with Gasteiger partial charge in [-0.25, -0.2) is 0 Å². The quantitative estimate of drug-likeness (QED) is 0.512. The first-order chi connectivity index (χ1) is 7.60. The largest absolute Gasteiger partial charge is 0.396 e. The minimum atomic E-state index is -0.0206. The molecule has 5 heteroatoms. The second-order valence-electron chi connectivity index (χ2n) is 4.24. The maximum Gasteiger partial charge on any atom is 0.233 e. The van der Waals surface area contributed by atoms with Crippen molar-refractivity contribution >= 4 is 5.91 Å². The van der Waals surface area contributed by atoms with Crippen LogP contribution in [0.4, 0.5) is 0 Å². The third kappa shape index (κ3) is 8.64. The molecule has 0 aliphatic rings. The molecule has 0 fully saturated rings. The lowest BCUT2D eigenvalue weighted by atomic mass is 10.2. The maximum absolute atomic E-state index is 11.4. The molecule has 0 bridgehead atoms. The van der Waals surface area contributed by atoms with Gasteiger partial charge in [0.05, 0.1) is 13.2 Å². The highest BCUT2D eigenvalue weighted by atomic mass is 16.5. The van der Waals surface area contributed by atoms with E-state index in [-0.39, 0.29) is 25.1 Å². The van der Waals surface area contributed by atoms with E-state index in [1.54, 1.807) is 7.11 Å². The van der Waals surface area contributed by atoms with Crippen LogP contribution in [-0.2, 0) is 9.53 Å². The molecule has 1 atom stereocenters. The molecule has 0 aromatic carbocycles. The summed E-state index contributed by atoms with van der Waals surface area (Å²) in [4.78, 5) is 11.4. The number of carbonyl (C=O) groups is 1. The Labute approximate surface area is 97.6 Å². The standard InChI is InChI=1S/C11H24N2O3/c1-9(2)6-13-11(15)7-12-10(4-5-14)8-16-3/h9-10,12,14H,4-8H2,1-3H3,(H,13,15). The van der Waals surface area contributed by atoms with Crippen molar-refractivity contribution in [3.8, 4) is 0 Å². The Morgan fingerprint density at radius 2 is 2.12 bits per heavy atom. The van der Waals surface area contributed by atoms with E-state index in [1.165, 1.54) is 0 Å². The van der Waals surface area contributed by atoms with E-state index >= 15 is 0 Å². The van der Waals surface area contributed by atoms with Crippen molar-refractivity contribution < 1.29 is 14.6 Å².